The fourth-order valence-corrected chi connectivity index (χ4v) is 3.11. The van der Waals surface area contributed by atoms with Crippen molar-refractivity contribution in [2.45, 2.75) is 89.9 Å². The van der Waals surface area contributed by atoms with E-state index in [-0.39, 0.29) is 0 Å². The molecule has 0 unspecified atom stereocenters. The third kappa shape index (κ3) is 14.3. The molecule has 0 spiro atoms. The molecule has 1 aromatic rings. The fraction of sp³-hybridized carbons (Fsp3) is 0.640. The number of allylic oxidation sites excluding steroid dienone is 2. The number of pyridine rings is 1. The first-order valence-corrected chi connectivity index (χ1v) is 11.3. The summed E-state index contributed by atoms with van der Waals surface area (Å²) in [5.74, 6) is 1.34. The number of hydrogen-bond acceptors (Lipinski definition) is 3. The molecule has 0 saturated carbocycles. The molecule has 0 aliphatic heterocycles. The summed E-state index contributed by atoms with van der Waals surface area (Å²) in [5, 5.41) is 0. The maximum absolute atomic E-state index is 5.77. The van der Waals surface area contributed by atoms with Gasteiger partial charge in [0.2, 0.25) is 11.8 Å². The lowest BCUT2D eigenvalue weighted by atomic mass is 10.1. The van der Waals surface area contributed by atoms with Crippen LogP contribution in [0.15, 0.2) is 43.5 Å². The number of hydrogen-bond donors (Lipinski definition) is 0. The number of nitrogens with zero attached hydrogens (tertiary/aromatic N) is 1. The van der Waals surface area contributed by atoms with Crippen LogP contribution < -0.4 is 9.47 Å². The van der Waals surface area contributed by atoms with Gasteiger partial charge in [0, 0.05) is 12.1 Å². The van der Waals surface area contributed by atoms with Crippen molar-refractivity contribution in [2.24, 2.45) is 0 Å². The van der Waals surface area contributed by atoms with Crippen molar-refractivity contribution in [1.82, 2.24) is 4.98 Å². The molecule has 3 nitrogen and oxygen atoms in total. The van der Waals surface area contributed by atoms with Gasteiger partial charge in [0.25, 0.3) is 0 Å². The van der Waals surface area contributed by atoms with Crippen molar-refractivity contribution in [2.75, 3.05) is 13.2 Å². The van der Waals surface area contributed by atoms with Gasteiger partial charge in [0.15, 0.2) is 0 Å². The molecule has 0 N–H and O–H groups in total. The average molecular weight is 388 g/mol. The van der Waals surface area contributed by atoms with E-state index in [0.717, 1.165) is 38.9 Å². The van der Waals surface area contributed by atoms with Gasteiger partial charge in [-0.2, -0.15) is 4.98 Å². The van der Waals surface area contributed by atoms with Crippen molar-refractivity contribution >= 4 is 0 Å². The van der Waals surface area contributed by atoms with Crippen LogP contribution in [-0.2, 0) is 0 Å². The third-order valence-electron chi connectivity index (χ3n) is 4.80. The summed E-state index contributed by atoms with van der Waals surface area (Å²) < 4.78 is 11.5. The predicted octanol–water partition coefficient (Wildman–Crippen LogP) is 7.67. The fourth-order valence-electron chi connectivity index (χ4n) is 3.11. The highest BCUT2D eigenvalue weighted by atomic mass is 16.5. The molecule has 3 heteroatoms. The lowest BCUT2D eigenvalue weighted by molar-refractivity contribution is 0.269. The summed E-state index contributed by atoms with van der Waals surface area (Å²) >= 11 is 0. The molecule has 28 heavy (non-hydrogen) atoms. The van der Waals surface area contributed by atoms with Crippen LogP contribution >= 0.6 is 0 Å². The molecule has 0 atom stereocenters. The SMILES string of the molecule is C=CCCCCCCCCOc1cccc(OCCCCCCCCC=C)n1. The quantitative estimate of drug-likeness (QED) is 0.170. The molecule has 1 heterocycles. The van der Waals surface area contributed by atoms with Crippen LogP contribution in [0.4, 0.5) is 0 Å². The van der Waals surface area contributed by atoms with Gasteiger partial charge in [-0.15, -0.1) is 13.2 Å². The normalized spacial score (nSPS) is 10.6. The molecule has 0 fully saturated rings. The Labute approximate surface area is 173 Å². The number of unbranched alkanes of at least 4 members (excludes halogenated alkanes) is 12. The van der Waals surface area contributed by atoms with E-state index in [9.17, 15) is 0 Å². The summed E-state index contributed by atoms with van der Waals surface area (Å²) in [7, 11) is 0. The molecular formula is C25H41NO2. The Morgan fingerprint density at radius 1 is 0.607 bits per heavy atom. The van der Waals surface area contributed by atoms with E-state index in [1.807, 2.05) is 30.4 Å². The van der Waals surface area contributed by atoms with Gasteiger partial charge >= 0.3 is 0 Å². The minimum absolute atomic E-state index is 0.672. The smallest absolute Gasteiger partial charge is 0.216 e. The van der Waals surface area contributed by atoms with Gasteiger partial charge in [-0.3, -0.25) is 0 Å². The first kappa shape index (κ1) is 24.3. The summed E-state index contributed by atoms with van der Waals surface area (Å²) in [6.07, 6.45) is 21.2. The Hall–Kier alpha value is -1.77. The van der Waals surface area contributed by atoms with Gasteiger partial charge in [0.1, 0.15) is 0 Å². The van der Waals surface area contributed by atoms with Crippen LogP contribution in [0.5, 0.6) is 11.8 Å². The topological polar surface area (TPSA) is 31.4 Å². The van der Waals surface area contributed by atoms with Crippen LogP contribution in [0.3, 0.4) is 0 Å². The van der Waals surface area contributed by atoms with Crippen molar-refractivity contribution < 1.29 is 9.47 Å². The van der Waals surface area contributed by atoms with Crippen molar-refractivity contribution in [3.05, 3.63) is 43.5 Å². The summed E-state index contributed by atoms with van der Waals surface area (Å²) in [6.45, 7) is 8.98. The van der Waals surface area contributed by atoms with Crippen LogP contribution in [0.2, 0.25) is 0 Å². The van der Waals surface area contributed by atoms with E-state index in [2.05, 4.69) is 18.1 Å². The zero-order valence-corrected chi connectivity index (χ0v) is 17.9. The van der Waals surface area contributed by atoms with E-state index in [1.54, 1.807) is 0 Å². The van der Waals surface area contributed by atoms with E-state index in [4.69, 9.17) is 9.47 Å². The average Bonchev–Trinajstić information content (AvgIpc) is 2.72. The second-order valence-electron chi connectivity index (χ2n) is 7.41. The first-order chi connectivity index (χ1) is 13.9. The summed E-state index contributed by atoms with van der Waals surface area (Å²) in [4.78, 5) is 4.44. The Balaban J connectivity index is 2.01. The van der Waals surface area contributed by atoms with Crippen molar-refractivity contribution in [3.63, 3.8) is 0 Å². The number of ether oxygens (including phenoxy) is 2. The number of aromatic nitrogens is 1. The molecular weight excluding hydrogens is 346 g/mol. The Morgan fingerprint density at radius 3 is 1.43 bits per heavy atom. The summed E-state index contributed by atoms with van der Waals surface area (Å²) in [6, 6.07) is 5.77. The zero-order valence-electron chi connectivity index (χ0n) is 17.9. The molecule has 1 aromatic heterocycles. The minimum Gasteiger partial charge on any atom is -0.478 e. The Kier molecular flexibility index (Phi) is 16.1. The van der Waals surface area contributed by atoms with Gasteiger partial charge in [-0.25, -0.2) is 0 Å². The molecule has 0 aliphatic carbocycles. The molecule has 0 radical (unpaired) electrons. The number of rotatable bonds is 20. The second-order valence-corrected chi connectivity index (χ2v) is 7.41. The first-order valence-electron chi connectivity index (χ1n) is 11.3. The van der Waals surface area contributed by atoms with E-state index >= 15 is 0 Å². The molecule has 0 aliphatic rings. The molecule has 0 amide bonds. The van der Waals surface area contributed by atoms with Gasteiger partial charge in [0.05, 0.1) is 13.2 Å². The third-order valence-corrected chi connectivity index (χ3v) is 4.80. The largest absolute Gasteiger partial charge is 0.478 e. The van der Waals surface area contributed by atoms with Gasteiger partial charge < -0.3 is 9.47 Å². The monoisotopic (exact) mass is 387 g/mol. The van der Waals surface area contributed by atoms with Gasteiger partial charge in [-0.1, -0.05) is 69.6 Å². The second kappa shape index (κ2) is 18.6. The van der Waals surface area contributed by atoms with Crippen molar-refractivity contribution in [3.8, 4) is 11.8 Å². The predicted molar refractivity (Wildman–Crippen MR) is 120 cm³/mol. The summed E-state index contributed by atoms with van der Waals surface area (Å²) in [5.41, 5.74) is 0. The van der Waals surface area contributed by atoms with E-state index in [0.29, 0.717) is 11.8 Å². The lowest BCUT2D eigenvalue weighted by Crippen LogP contribution is -2.02. The molecule has 0 aromatic carbocycles. The minimum atomic E-state index is 0.672. The highest BCUT2D eigenvalue weighted by Crippen LogP contribution is 2.15. The van der Waals surface area contributed by atoms with Crippen molar-refractivity contribution in [1.29, 1.82) is 0 Å². The van der Waals surface area contributed by atoms with Crippen LogP contribution in [0.25, 0.3) is 0 Å². The maximum atomic E-state index is 5.77. The standard InChI is InChI=1S/C25H41NO2/c1-3-5-7-9-11-13-15-17-22-27-24-20-19-21-25(26-24)28-23-18-16-14-12-10-8-6-4-2/h3-4,19-21H,1-2,5-18,22-23H2. The maximum Gasteiger partial charge on any atom is 0.216 e. The molecule has 1 rings (SSSR count). The Bertz CT molecular complexity index is 460. The molecule has 0 saturated heterocycles. The Morgan fingerprint density at radius 2 is 1.00 bits per heavy atom. The molecule has 0 bridgehead atoms. The zero-order chi connectivity index (χ0) is 20.1. The van der Waals surface area contributed by atoms with Crippen LogP contribution in [0.1, 0.15) is 89.9 Å². The highest BCUT2D eigenvalue weighted by Gasteiger charge is 2.00. The highest BCUT2D eigenvalue weighted by molar-refractivity contribution is 5.19. The van der Waals surface area contributed by atoms with E-state index in [1.165, 1.54) is 64.2 Å². The molecule has 158 valence electrons. The van der Waals surface area contributed by atoms with E-state index < -0.39 is 0 Å². The van der Waals surface area contributed by atoms with Gasteiger partial charge in [-0.05, 0) is 38.5 Å². The van der Waals surface area contributed by atoms with Crippen LogP contribution in [-0.4, -0.2) is 18.2 Å². The van der Waals surface area contributed by atoms with Crippen LogP contribution in [0, 0.1) is 0 Å². The lowest BCUT2D eigenvalue weighted by Gasteiger charge is -2.08.